The molecule has 0 aliphatic heterocycles. The van der Waals surface area contributed by atoms with E-state index in [-0.39, 0.29) is 10.9 Å². The van der Waals surface area contributed by atoms with Gasteiger partial charge < -0.3 is 0 Å². The molecular weight excluding hydrogens is 255 g/mol. The average molecular weight is 262 g/mol. The van der Waals surface area contributed by atoms with Gasteiger partial charge in [0, 0.05) is 5.56 Å². The van der Waals surface area contributed by atoms with E-state index < -0.39 is 11.6 Å². The van der Waals surface area contributed by atoms with Crippen LogP contribution in [0.1, 0.15) is 10.4 Å². The lowest BCUT2D eigenvalue weighted by atomic mass is 10.1. The van der Waals surface area contributed by atoms with Gasteiger partial charge in [-0.2, -0.15) is 0 Å². The summed E-state index contributed by atoms with van der Waals surface area (Å²) in [7, 11) is 0. The van der Waals surface area contributed by atoms with Crippen LogP contribution in [0.4, 0.5) is 0 Å². The standard InChI is InChI=1S/C9H6BrClO2/c10-5-8(12)9(13)6-3-1-2-4-7(6)11/h1-4H,5H2. The zero-order valence-electron chi connectivity index (χ0n) is 6.59. The van der Waals surface area contributed by atoms with E-state index in [0.29, 0.717) is 5.02 Å². The fourth-order valence-corrected chi connectivity index (χ4v) is 1.33. The summed E-state index contributed by atoms with van der Waals surface area (Å²) in [5.74, 6) is -1.05. The molecule has 0 unspecified atom stereocenters. The number of carbonyl (C=O) groups excluding carboxylic acids is 2. The molecule has 0 aliphatic carbocycles. The molecule has 0 amide bonds. The third-order valence-electron chi connectivity index (χ3n) is 1.49. The van der Waals surface area contributed by atoms with Gasteiger partial charge in [-0.1, -0.05) is 39.7 Å². The Labute approximate surface area is 89.0 Å². The van der Waals surface area contributed by atoms with Crippen molar-refractivity contribution in [1.82, 2.24) is 0 Å². The van der Waals surface area contributed by atoms with Crippen molar-refractivity contribution in [3.8, 4) is 0 Å². The summed E-state index contributed by atoms with van der Waals surface area (Å²) in [6, 6.07) is 6.49. The highest BCUT2D eigenvalue weighted by atomic mass is 79.9. The first kappa shape index (κ1) is 10.4. The maximum absolute atomic E-state index is 11.3. The molecule has 0 heterocycles. The highest BCUT2D eigenvalue weighted by molar-refractivity contribution is 9.09. The number of hydrogen-bond acceptors (Lipinski definition) is 2. The first-order chi connectivity index (χ1) is 6.16. The molecule has 0 bridgehead atoms. The normalized spacial score (nSPS) is 9.69. The molecule has 0 saturated heterocycles. The highest BCUT2D eigenvalue weighted by Gasteiger charge is 2.16. The summed E-state index contributed by atoms with van der Waals surface area (Å²) < 4.78 is 0. The molecule has 0 N–H and O–H groups in total. The van der Waals surface area contributed by atoms with E-state index >= 15 is 0 Å². The van der Waals surface area contributed by atoms with Crippen LogP contribution in [0.15, 0.2) is 24.3 Å². The van der Waals surface area contributed by atoms with Crippen molar-refractivity contribution in [2.24, 2.45) is 0 Å². The lowest BCUT2D eigenvalue weighted by Crippen LogP contribution is -2.15. The van der Waals surface area contributed by atoms with Crippen LogP contribution in [0.2, 0.25) is 5.02 Å². The molecule has 68 valence electrons. The molecule has 0 fully saturated rings. The van der Waals surface area contributed by atoms with Gasteiger partial charge in [0.15, 0.2) is 0 Å². The van der Waals surface area contributed by atoms with Crippen LogP contribution < -0.4 is 0 Å². The van der Waals surface area contributed by atoms with Gasteiger partial charge >= 0.3 is 0 Å². The van der Waals surface area contributed by atoms with E-state index in [1.165, 1.54) is 6.07 Å². The predicted octanol–water partition coefficient (Wildman–Crippen LogP) is 2.49. The second kappa shape index (κ2) is 4.53. The van der Waals surface area contributed by atoms with E-state index in [9.17, 15) is 9.59 Å². The molecule has 0 atom stereocenters. The summed E-state index contributed by atoms with van der Waals surface area (Å²) >= 11 is 8.66. The first-order valence-corrected chi connectivity index (χ1v) is 5.04. The van der Waals surface area contributed by atoms with E-state index in [4.69, 9.17) is 11.6 Å². The van der Waals surface area contributed by atoms with Crippen LogP contribution in [0.5, 0.6) is 0 Å². The lowest BCUT2D eigenvalue weighted by molar-refractivity contribution is -0.112. The lowest BCUT2D eigenvalue weighted by Gasteiger charge is -1.99. The molecular formula is C9H6BrClO2. The topological polar surface area (TPSA) is 34.1 Å². The molecule has 0 saturated carbocycles. The van der Waals surface area contributed by atoms with E-state index in [2.05, 4.69) is 15.9 Å². The second-order valence-electron chi connectivity index (χ2n) is 2.37. The number of ketones is 2. The molecule has 0 aliphatic rings. The molecule has 1 aromatic carbocycles. The molecule has 0 spiro atoms. The van der Waals surface area contributed by atoms with Crippen LogP contribution in [0.3, 0.4) is 0 Å². The SMILES string of the molecule is O=C(CBr)C(=O)c1ccccc1Cl. The number of halogens is 2. The van der Waals surface area contributed by atoms with Crippen LogP contribution in [-0.4, -0.2) is 16.9 Å². The van der Waals surface area contributed by atoms with Crippen molar-refractivity contribution in [1.29, 1.82) is 0 Å². The van der Waals surface area contributed by atoms with Gasteiger partial charge in [-0.3, -0.25) is 9.59 Å². The number of alkyl halides is 1. The van der Waals surface area contributed by atoms with Crippen LogP contribution in [0.25, 0.3) is 0 Å². The van der Waals surface area contributed by atoms with E-state index in [1.807, 2.05) is 0 Å². The van der Waals surface area contributed by atoms with Crippen molar-refractivity contribution >= 4 is 39.1 Å². The van der Waals surface area contributed by atoms with Gasteiger partial charge in [-0.05, 0) is 12.1 Å². The Hall–Kier alpha value is -0.670. The summed E-state index contributed by atoms with van der Waals surface area (Å²) in [6.45, 7) is 0. The summed E-state index contributed by atoms with van der Waals surface area (Å²) in [6.07, 6.45) is 0. The van der Waals surface area contributed by atoms with Gasteiger partial charge in [0.2, 0.25) is 11.6 Å². The molecule has 13 heavy (non-hydrogen) atoms. The van der Waals surface area contributed by atoms with Gasteiger partial charge in [-0.25, -0.2) is 0 Å². The Morgan fingerprint density at radius 2 is 1.92 bits per heavy atom. The number of Topliss-reactive ketones (excluding diaryl/α,β-unsaturated/α-hetero) is 2. The van der Waals surface area contributed by atoms with Crippen LogP contribution in [0, 0.1) is 0 Å². The zero-order valence-corrected chi connectivity index (χ0v) is 8.93. The van der Waals surface area contributed by atoms with E-state index in [0.717, 1.165) is 0 Å². The number of benzene rings is 1. The molecule has 1 rings (SSSR count). The Balaban J connectivity index is 3.02. The van der Waals surface area contributed by atoms with Crippen molar-refractivity contribution in [3.63, 3.8) is 0 Å². The maximum Gasteiger partial charge on any atom is 0.230 e. The number of rotatable bonds is 3. The third kappa shape index (κ3) is 2.39. The van der Waals surface area contributed by atoms with Crippen molar-refractivity contribution in [2.75, 3.05) is 5.33 Å². The second-order valence-corrected chi connectivity index (χ2v) is 3.33. The molecule has 0 radical (unpaired) electrons. The summed E-state index contributed by atoms with van der Waals surface area (Å²) in [5.41, 5.74) is 0.258. The average Bonchev–Trinajstić information content (AvgIpc) is 2.16. The van der Waals surface area contributed by atoms with Gasteiger partial charge in [0.1, 0.15) is 0 Å². The number of carbonyl (C=O) groups is 2. The Morgan fingerprint density at radius 1 is 1.31 bits per heavy atom. The molecule has 4 heteroatoms. The fourth-order valence-electron chi connectivity index (χ4n) is 0.856. The quantitative estimate of drug-likeness (QED) is 0.476. The fraction of sp³-hybridized carbons (Fsp3) is 0.111. The van der Waals surface area contributed by atoms with Gasteiger partial charge in [-0.15, -0.1) is 0 Å². The van der Waals surface area contributed by atoms with Crippen molar-refractivity contribution in [2.45, 2.75) is 0 Å². The summed E-state index contributed by atoms with van der Waals surface area (Å²) in [5, 5.41) is 0.332. The Kier molecular flexibility index (Phi) is 3.63. The molecule has 1 aromatic rings. The van der Waals surface area contributed by atoms with Crippen molar-refractivity contribution < 1.29 is 9.59 Å². The minimum Gasteiger partial charge on any atom is -0.290 e. The van der Waals surface area contributed by atoms with Crippen molar-refractivity contribution in [3.05, 3.63) is 34.9 Å². The minimum atomic E-state index is -0.553. The Morgan fingerprint density at radius 3 is 2.46 bits per heavy atom. The smallest absolute Gasteiger partial charge is 0.230 e. The zero-order chi connectivity index (χ0) is 9.84. The van der Waals surface area contributed by atoms with E-state index in [1.54, 1.807) is 18.2 Å². The number of hydrogen-bond donors (Lipinski definition) is 0. The largest absolute Gasteiger partial charge is 0.290 e. The van der Waals surface area contributed by atoms with Crippen LogP contribution >= 0.6 is 27.5 Å². The monoisotopic (exact) mass is 260 g/mol. The minimum absolute atomic E-state index is 0.0249. The molecule has 2 nitrogen and oxygen atoms in total. The van der Waals surface area contributed by atoms with Gasteiger partial charge in [0.05, 0.1) is 10.4 Å². The third-order valence-corrected chi connectivity index (χ3v) is 2.33. The highest BCUT2D eigenvalue weighted by Crippen LogP contribution is 2.15. The van der Waals surface area contributed by atoms with Gasteiger partial charge in [0.25, 0.3) is 0 Å². The first-order valence-electron chi connectivity index (χ1n) is 3.55. The maximum atomic E-state index is 11.3. The van der Waals surface area contributed by atoms with Crippen LogP contribution in [-0.2, 0) is 4.79 Å². The Bertz CT molecular complexity index is 349. The summed E-state index contributed by atoms with van der Waals surface area (Å²) in [4.78, 5) is 22.3. The molecule has 0 aromatic heterocycles. The predicted molar refractivity (Wildman–Crippen MR) is 54.6 cm³/mol.